The zero-order valence-electron chi connectivity index (χ0n) is 29.5. The highest BCUT2D eigenvalue weighted by Gasteiger charge is 2.21. The highest BCUT2D eigenvalue weighted by Crippen LogP contribution is 2.41. The molecule has 0 unspecified atom stereocenters. The number of nitrogens with zero attached hydrogens (tertiary/aromatic N) is 5. The number of rotatable bonds is 4. The summed E-state index contributed by atoms with van der Waals surface area (Å²) in [6, 6.07) is 66.0. The Labute approximate surface area is 316 Å². The molecular weight excluding hydrogens is 671 g/mol. The number of para-hydroxylation sites is 5. The predicted octanol–water partition coefficient (Wildman–Crippen LogP) is 12.4. The van der Waals surface area contributed by atoms with Crippen LogP contribution in [-0.2, 0) is 0 Å². The topological polar surface area (TPSA) is 62.4 Å². The van der Waals surface area contributed by atoms with E-state index in [2.05, 4.69) is 177 Å². The number of benzene rings is 8. The maximum absolute atomic E-state index is 10.3. The minimum absolute atomic E-state index is 0.592. The zero-order valence-corrected chi connectivity index (χ0v) is 29.5. The van der Waals surface area contributed by atoms with Crippen molar-refractivity contribution in [1.29, 1.82) is 10.5 Å². The molecule has 0 spiro atoms. The summed E-state index contributed by atoms with van der Waals surface area (Å²) in [6.45, 7) is 0. The van der Waals surface area contributed by atoms with Crippen LogP contribution in [0.2, 0.25) is 0 Å². The summed E-state index contributed by atoms with van der Waals surface area (Å²) in [4.78, 5) is 0. The van der Waals surface area contributed by atoms with Crippen molar-refractivity contribution >= 4 is 65.4 Å². The lowest BCUT2D eigenvalue weighted by Crippen LogP contribution is -2.01. The van der Waals surface area contributed by atoms with Gasteiger partial charge in [-0.05, 0) is 90.0 Å². The molecular formula is C50H29N5. The molecule has 3 aromatic heterocycles. The Morgan fingerprint density at radius 3 is 1.47 bits per heavy atom. The third-order valence-corrected chi connectivity index (χ3v) is 11.0. The highest BCUT2D eigenvalue weighted by molar-refractivity contribution is 6.15. The first-order valence-electron chi connectivity index (χ1n) is 18.3. The van der Waals surface area contributed by atoms with E-state index in [9.17, 15) is 10.5 Å². The van der Waals surface area contributed by atoms with Gasteiger partial charge in [0, 0.05) is 43.7 Å². The fourth-order valence-corrected chi connectivity index (χ4v) is 8.75. The molecule has 11 aromatic rings. The second kappa shape index (κ2) is 11.8. The Hall–Kier alpha value is -7.86. The van der Waals surface area contributed by atoms with Crippen molar-refractivity contribution < 1.29 is 0 Å². The molecule has 0 saturated heterocycles. The van der Waals surface area contributed by atoms with Crippen molar-refractivity contribution in [1.82, 2.24) is 13.7 Å². The minimum Gasteiger partial charge on any atom is -0.309 e. The molecule has 0 saturated carbocycles. The van der Waals surface area contributed by atoms with Gasteiger partial charge in [0.05, 0.1) is 62.1 Å². The summed E-state index contributed by atoms with van der Waals surface area (Å²) in [5, 5.41) is 27.1. The van der Waals surface area contributed by atoms with Crippen molar-refractivity contribution in [2.24, 2.45) is 0 Å². The van der Waals surface area contributed by atoms with Gasteiger partial charge in [0.25, 0.3) is 0 Å². The first-order chi connectivity index (χ1) is 27.2. The lowest BCUT2D eigenvalue weighted by molar-refractivity contribution is 1.13. The first kappa shape index (κ1) is 30.7. The van der Waals surface area contributed by atoms with E-state index >= 15 is 0 Å². The van der Waals surface area contributed by atoms with Gasteiger partial charge in [-0.15, -0.1) is 0 Å². The Bertz CT molecular complexity index is 3360. The first-order valence-corrected chi connectivity index (χ1v) is 18.3. The second-order valence-electron chi connectivity index (χ2n) is 14.0. The minimum atomic E-state index is 0.592. The zero-order chi connectivity index (χ0) is 36.6. The van der Waals surface area contributed by atoms with Crippen molar-refractivity contribution in [3.63, 3.8) is 0 Å². The molecule has 55 heavy (non-hydrogen) atoms. The van der Waals surface area contributed by atoms with Gasteiger partial charge < -0.3 is 13.7 Å². The van der Waals surface area contributed by atoms with E-state index in [-0.39, 0.29) is 0 Å². The van der Waals surface area contributed by atoms with Crippen LogP contribution in [0.4, 0.5) is 0 Å². The molecule has 0 fully saturated rings. The van der Waals surface area contributed by atoms with Gasteiger partial charge in [0.15, 0.2) is 0 Å². The summed E-state index contributed by atoms with van der Waals surface area (Å²) >= 11 is 0. The molecule has 8 aromatic carbocycles. The third kappa shape index (κ3) is 4.51. The molecule has 0 amide bonds. The van der Waals surface area contributed by atoms with Crippen LogP contribution in [0.15, 0.2) is 176 Å². The Balaban J connectivity index is 1.18. The molecule has 0 N–H and O–H groups in total. The number of nitriles is 2. The standard InChI is InChI=1S/C50H29N5/c51-30-32-23-24-48-43(27-32)42-17-10-22-49(55-46-20-7-3-15-40(46)41-16-4-8-21-47(41)55)50(42)54(48)36-12-9-11-34(28-36)35-25-33(31-52)26-37(29-35)53-44-18-5-1-13-38(44)39-14-2-6-19-45(39)53/h1-29H. The third-order valence-electron chi connectivity index (χ3n) is 11.0. The molecule has 0 atom stereocenters. The Morgan fingerprint density at radius 1 is 0.327 bits per heavy atom. The smallest absolute Gasteiger partial charge is 0.0992 e. The molecule has 5 heteroatoms. The fourth-order valence-electron chi connectivity index (χ4n) is 8.75. The lowest BCUT2D eigenvalue weighted by Gasteiger charge is -2.16. The summed E-state index contributed by atoms with van der Waals surface area (Å²) in [5.74, 6) is 0. The number of hydrogen-bond donors (Lipinski definition) is 0. The van der Waals surface area contributed by atoms with E-state index < -0.39 is 0 Å². The number of fused-ring (bicyclic) bond motifs is 9. The molecule has 0 radical (unpaired) electrons. The lowest BCUT2D eigenvalue weighted by atomic mass is 10.0. The van der Waals surface area contributed by atoms with Gasteiger partial charge >= 0.3 is 0 Å². The van der Waals surface area contributed by atoms with Gasteiger partial charge in [0.2, 0.25) is 0 Å². The van der Waals surface area contributed by atoms with E-state index in [1.54, 1.807) is 0 Å². The molecule has 3 heterocycles. The van der Waals surface area contributed by atoms with E-state index in [0.717, 1.165) is 72.1 Å². The van der Waals surface area contributed by atoms with E-state index in [1.807, 2.05) is 24.3 Å². The number of hydrogen-bond acceptors (Lipinski definition) is 2. The predicted molar refractivity (Wildman–Crippen MR) is 224 cm³/mol. The van der Waals surface area contributed by atoms with Gasteiger partial charge in [-0.1, -0.05) is 97.1 Å². The fraction of sp³-hybridized carbons (Fsp3) is 0. The SMILES string of the molecule is N#Cc1cc(-c2cccc(-n3c4ccc(C#N)cc4c4cccc(-n5c6ccccc6c6ccccc65)c43)c2)cc(-n2c3ccccc3c3ccccc32)c1. The average molecular weight is 700 g/mol. The average Bonchev–Trinajstić information content (AvgIpc) is 3.89. The molecule has 5 nitrogen and oxygen atoms in total. The monoisotopic (exact) mass is 699 g/mol. The maximum Gasteiger partial charge on any atom is 0.0992 e. The molecule has 0 aliphatic carbocycles. The highest BCUT2D eigenvalue weighted by atomic mass is 15.1. The van der Waals surface area contributed by atoms with Crippen molar-refractivity contribution in [2.45, 2.75) is 0 Å². The maximum atomic E-state index is 10.3. The summed E-state index contributed by atoms with van der Waals surface area (Å²) in [6.07, 6.45) is 0. The van der Waals surface area contributed by atoms with Crippen LogP contribution in [0.5, 0.6) is 0 Å². The van der Waals surface area contributed by atoms with Gasteiger partial charge in [0.1, 0.15) is 0 Å². The van der Waals surface area contributed by atoms with Crippen LogP contribution in [0.3, 0.4) is 0 Å². The van der Waals surface area contributed by atoms with Crippen LogP contribution >= 0.6 is 0 Å². The van der Waals surface area contributed by atoms with Crippen LogP contribution in [0, 0.1) is 22.7 Å². The van der Waals surface area contributed by atoms with Crippen molar-refractivity contribution in [3.8, 4) is 40.3 Å². The normalized spacial score (nSPS) is 11.6. The van der Waals surface area contributed by atoms with Crippen LogP contribution < -0.4 is 0 Å². The largest absolute Gasteiger partial charge is 0.309 e. The van der Waals surface area contributed by atoms with Gasteiger partial charge in [-0.25, -0.2) is 0 Å². The quantitative estimate of drug-likeness (QED) is 0.184. The second-order valence-corrected chi connectivity index (χ2v) is 14.0. The van der Waals surface area contributed by atoms with Gasteiger partial charge in [-0.3, -0.25) is 0 Å². The van der Waals surface area contributed by atoms with Gasteiger partial charge in [-0.2, -0.15) is 10.5 Å². The van der Waals surface area contributed by atoms with E-state index in [1.165, 1.54) is 21.5 Å². The van der Waals surface area contributed by atoms with Crippen LogP contribution in [0.25, 0.3) is 93.6 Å². The Kier molecular flexibility index (Phi) is 6.61. The summed E-state index contributed by atoms with van der Waals surface area (Å²) in [5.41, 5.74) is 12.6. The van der Waals surface area contributed by atoms with Crippen LogP contribution in [-0.4, -0.2) is 13.7 Å². The molecule has 0 aliphatic rings. The molecule has 0 bridgehead atoms. The summed E-state index contributed by atoms with van der Waals surface area (Å²) < 4.78 is 6.96. The Morgan fingerprint density at radius 2 is 0.855 bits per heavy atom. The van der Waals surface area contributed by atoms with E-state index in [4.69, 9.17) is 0 Å². The molecule has 254 valence electrons. The van der Waals surface area contributed by atoms with Crippen LogP contribution in [0.1, 0.15) is 11.1 Å². The van der Waals surface area contributed by atoms with Crippen molar-refractivity contribution in [3.05, 3.63) is 187 Å². The summed E-state index contributed by atoms with van der Waals surface area (Å²) in [7, 11) is 0. The molecule has 11 rings (SSSR count). The van der Waals surface area contributed by atoms with E-state index in [0.29, 0.717) is 11.1 Å². The molecule has 0 aliphatic heterocycles. The number of aromatic nitrogens is 3. The van der Waals surface area contributed by atoms with Crippen molar-refractivity contribution in [2.75, 3.05) is 0 Å².